The van der Waals surface area contributed by atoms with E-state index in [1.165, 1.54) is 0 Å². The van der Waals surface area contributed by atoms with Gasteiger partial charge in [0.25, 0.3) is 6.02 Å². The summed E-state index contributed by atoms with van der Waals surface area (Å²) in [5.74, 6) is 1.37. The normalized spacial score (nSPS) is 25.0. The molecule has 1 fully saturated rings. The van der Waals surface area contributed by atoms with E-state index >= 15 is 0 Å². The van der Waals surface area contributed by atoms with E-state index in [9.17, 15) is 0 Å². The van der Waals surface area contributed by atoms with Crippen molar-refractivity contribution in [1.82, 2.24) is 4.98 Å². The standard InChI is InChI=1S/C19H19N3O4/c1-23-16-4-2-3-14(21-16)12-5-6-15-13(7-12)19(11-26-17(20)22-19)18(10-25-15)8-24-9-18/h2-7H,8-11H2,1H3,(H2,20,22). The van der Waals surface area contributed by atoms with Gasteiger partial charge in [0, 0.05) is 17.2 Å². The Morgan fingerprint density at radius 1 is 1.08 bits per heavy atom. The number of nitrogens with zero attached hydrogens (tertiary/aromatic N) is 2. The van der Waals surface area contributed by atoms with Gasteiger partial charge >= 0.3 is 0 Å². The molecule has 7 nitrogen and oxygen atoms in total. The van der Waals surface area contributed by atoms with Gasteiger partial charge in [-0.15, -0.1) is 0 Å². The van der Waals surface area contributed by atoms with Crippen molar-refractivity contribution in [2.75, 3.05) is 33.5 Å². The SMILES string of the molecule is COc1cccc(-c2ccc3c(c2)C2(COC(N)=N2)C2(COC2)CO3)n1. The van der Waals surface area contributed by atoms with Crippen LogP contribution in [-0.2, 0) is 15.0 Å². The number of ether oxygens (including phenoxy) is 4. The van der Waals surface area contributed by atoms with E-state index < -0.39 is 5.54 Å². The average Bonchev–Trinajstić information content (AvgIpc) is 3.03. The Morgan fingerprint density at radius 2 is 1.96 bits per heavy atom. The smallest absolute Gasteiger partial charge is 0.283 e. The van der Waals surface area contributed by atoms with Gasteiger partial charge in [0.2, 0.25) is 5.88 Å². The lowest BCUT2D eigenvalue weighted by atomic mass is 9.64. The van der Waals surface area contributed by atoms with Gasteiger partial charge in [0.15, 0.2) is 0 Å². The third-order valence-corrected chi connectivity index (χ3v) is 5.52. The van der Waals surface area contributed by atoms with Gasteiger partial charge in [-0.1, -0.05) is 6.07 Å². The molecule has 3 aliphatic rings. The van der Waals surface area contributed by atoms with E-state index in [1.54, 1.807) is 7.11 Å². The molecule has 2 N–H and O–H groups in total. The maximum atomic E-state index is 6.05. The van der Waals surface area contributed by atoms with Crippen LogP contribution in [0.15, 0.2) is 41.4 Å². The molecular weight excluding hydrogens is 334 g/mol. The molecule has 0 saturated carbocycles. The number of fused-ring (bicyclic) bond motifs is 3. The molecule has 0 aliphatic carbocycles. The number of methoxy groups -OCH3 is 1. The molecule has 7 heteroatoms. The highest BCUT2D eigenvalue weighted by atomic mass is 16.5. The lowest BCUT2D eigenvalue weighted by Crippen LogP contribution is -2.63. The van der Waals surface area contributed by atoms with Crippen molar-refractivity contribution in [2.45, 2.75) is 5.54 Å². The van der Waals surface area contributed by atoms with Gasteiger partial charge in [-0.05, 0) is 24.3 Å². The topological polar surface area (TPSA) is 88.2 Å². The van der Waals surface area contributed by atoms with E-state index in [1.807, 2.05) is 30.3 Å². The Balaban J connectivity index is 1.67. The van der Waals surface area contributed by atoms with Gasteiger partial charge in [-0.25, -0.2) is 9.98 Å². The van der Waals surface area contributed by atoms with Gasteiger partial charge < -0.3 is 24.7 Å². The summed E-state index contributed by atoms with van der Waals surface area (Å²) in [4.78, 5) is 9.26. The highest BCUT2D eigenvalue weighted by molar-refractivity contribution is 5.75. The molecule has 2 aromatic rings. The summed E-state index contributed by atoms with van der Waals surface area (Å²) in [5.41, 5.74) is 7.82. The predicted octanol–water partition coefficient (Wildman–Crippen LogP) is 1.71. The summed E-state index contributed by atoms with van der Waals surface area (Å²) < 4.78 is 22.4. The molecular formula is C19H19N3O4. The number of amidine groups is 1. The first-order valence-electron chi connectivity index (χ1n) is 8.50. The number of pyridine rings is 1. The van der Waals surface area contributed by atoms with Crippen LogP contribution in [0.2, 0.25) is 0 Å². The molecule has 1 aromatic carbocycles. The van der Waals surface area contributed by atoms with E-state index in [-0.39, 0.29) is 11.4 Å². The fraction of sp³-hybridized carbons (Fsp3) is 0.368. The summed E-state index contributed by atoms with van der Waals surface area (Å²) in [6.45, 7) is 2.09. The van der Waals surface area contributed by atoms with Crippen molar-refractivity contribution in [2.24, 2.45) is 16.1 Å². The Kier molecular flexibility index (Phi) is 3.18. The van der Waals surface area contributed by atoms with E-state index in [2.05, 4.69) is 11.1 Å². The van der Waals surface area contributed by atoms with Crippen LogP contribution in [0.25, 0.3) is 11.3 Å². The van der Waals surface area contributed by atoms with Crippen molar-refractivity contribution in [3.05, 3.63) is 42.0 Å². The van der Waals surface area contributed by atoms with Gasteiger partial charge in [-0.3, -0.25) is 0 Å². The summed E-state index contributed by atoms with van der Waals surface area (Å²) in [5, 5.41) is 0. The van der Waals surface area contributed by atoms with Crippen LogP contribution in [0.1, 0.15) is 5.56 Å². The summed E-state index contributed by atoms with van der Waals surface area (Å²) in [6, 6.07) is 11.9. The fourth-order valence-corrected chi connectivity index (χ4v) is 3.96. The first-order valence-corrected chi connectivity index (χ1v) is 8.50. The maximum Gasteiger partial charge on any atom is 0.283 e. The summed E-state index contributed by atoms with van der Waals surface area (Å²) in [6.07, 6.45) is 0. The van der Waals surface area contributed by atoms with Gasteiger partial charge in [0.1, 0.15) is 24.5 Å². The molecule has 26 heavy (non-hydrogen) atoms. The number of hydrogen-bond acceptors (Lipinski definition) is 7. The van der Waals surface area contributed by atoms with Crippen molar-refractivity contribution >= 4 is 6.02 Å². The van der Waals surface area contributed by atoms with Crippen LogP contribution in [0.5, 0.6) is 11.6 Å². The molecule has 2 spiro atoms. The van der Waals surface area contributed by atoms with Gasteiger partial charge in [0.05, 0.1) is 31.4 Å². The Morgan fingerprint density at radius 3 is 2.65 bits per heavy atom. The number of aliphatic imine (C=N–C) groups is 1. The van der Waals surface area contributed by atoms with Crippen molar-refractivity contribution in [1.29, 1.82) is 0 Å². The molecule has 134 valence electrons. The third kappa shape index (κ3) is 1.97. The molecule has 5 rings (SSSR count). The molecule has 1 unspecified atom stereocenters. The monoisotopic (exact) mass is 353 g/mol. The Hall–Kier alpha value is -2.80. The highest BCUT2D eigenvalue weighted by Gasteiger charge is 2.63. The highest BCUT2D eigenvalue weighted by Crippen LogP contribution is 2.56. The average molecular weight is 353 g/mol. The van der Waals surface area contributed by atoms with Crippen molar-refractivity contribution in [3.63, 3.8) is 0 Å². The minimum absolute atomic E-state index is 0.217. The zero-order valence-electron chi connectivity index (χ0n) is 14.4. The van der Waals surface area contributed by atoms with Gasteiger partial charge in [-0.2, -0.15) is 0 Å². The second-order valence-corrected chi connectivity index (χ2v) is 6.94. The first kappa shape index (κ1) is 15.5. The first-order chi connectivity index (χ1) is 12.7. The number of benzene rings is 1. The molecule has 4 heterocycles. The number of nitrogens with two attached hydrogens (primary N) is 1. The largest absolute Gasteiger partial charge is 0.492 e. The lowest BCUT2D eigenvalue weighted by molar-refractivity contribution is -0.184. The van der Waals surface area contributed by atoms with Crippen LogP contribution in [-0.4, -0.2) is 44.5 Å². The number of rotatable bonds is 2. The Labute approximate surface area is 150 Å². The predicted molar refractivity (Wildman–Crippen MR) is 94.2 cm³/mol. The molecule has 0 radical (unpaired) electrons. The van der Waals surface area contributed by atoms with Crippen LogP contribution in [0.4, 0.5) is 0 Å². The number of aromatic nitrogens is 1. The van der Waals surface area contributed by atoms with Crippen LogP contribution >= 0.6 is 0 Å². The summed E-state index contributed by atoms with van der Waals surface area (Å²) >= 11 is 0. The minimum Gasteiger partial charge on any atom is -0.492 e. The second-order valence-electron chi connectivity index (χ2n) is 6.94. The minimum atomic E-state index is -0.586. The van der Waals surface area contributed by atoms with Crippen molar-refractivity contribution in [3.8, 4) is 22.9 Å². The number of hydrogen-bond donors (Lipinski definition) is 1. The second kappa shape index (κ2) is 5.35. The zero-order chi connectivity index (χ0) is 17.8. The fourth-order valence-electron chi connectivity index (χ4n) is 3.96. The molecule has 0 bridgehead atoms. The molecule has 1 atom stereocenters. The molecule has 0 amide bonds. The lowest BCUT2D eigenvalue weighted by Gasteiger charge is -2.53. The molecule has 1 aromatic heterocycles. The van der Waals surface area contributed by atoms with Crippen LogP contribution < -0.4 is 15.2 Å². The van der Waals surface area contributed by atoms with Crippen molar-refractivity contribution < 1.29 is 18.9 Å². The molecule has 3 aliphatic heterocycles. The third-order valence-electron chi connectivity index (χ3n) is 5.52. The van der Waals surface area contributed by atoms with E-state index in [4.69, 9.17) is 29.7 Å². The van der Waals surface area contributed by atoms with Crippen LogP contribution in [0, 0.1) is 5.41 Å². The van der Waals surface area contributed by atoms with E-state index in [0.717, 1.165) is 22.6 Å². The van der Waals surface area contributed by atoms with Crippen LogP contribution in [0.3, 0.4) is 0 Å². The molecule has 1 saturated heterocycles. The summed E-state index contributed by atoms with van der Waals surface area (Å²) in [7, 11) is 1.61. The Bertz CT molecular complexity index is 909. The van der Waals surface area contributed by atoms with E-state index in [0.29, 0.717) is 32.3 Å². The quantitative estimate of drug-likeness (QED) is 0.884. The zero-order valence-corrected chi connectivity index (χ0v) is 14.4. The maximum absolute atomic E-state index is 6.05.